The zero-order valence-electron chi connectivity index (χ0n) is 16.9. The van der Waals surface area contributed by atoms with Crippen LogP contribution in [-0.2, 0) is 12.8 Å². The molecule has 1 fully saturated rings. The summed E-state index contributed by atoms with van der Waals surface area (Å²) in [5.74, 6) is 2.02. The summed E-state index contributed by atoms with van der Waals surface area (Å²) in [5, 5.41) is 5.67. The second-order valence-corrected chi connectivity index (χ2v) is 9.52. The van der Waals surface area contributed by atoms with Crippen LogP contribution in [0, 0.1) is 5.92 Å². The van der Waals surface area contributed by atoms with Crippen LogP contribution in [0.1, 0.15) is 24.0 Å². The summed E-state index contributed by atoms with van der Waals surface area (Å²) in [5.41, 5.74) is 5.36. The van der Waals surface area contributed by atoms with Gasteiger partial charge in [-0.25, -0.2) is 0 Å². The predicted octanol–water partition coefficient (Wildman–Crippen LogP) is 5.40. The zero-order chi connectivity index (χ0) is 19.3. The molecule has 148 valence electrons. The van der Waals surface area contributed by atoms with E-state index in [0.29, 0.717) is 5.37 Å². The number of nitrogens with one attached hydrogen (secondary N) is 2. The van der Waals surface area contributed by atoms with E-state index in [0.717, 1.165) is 18.9 Å². The first-order valence-electron chi connectivity index (χ1n) is 10.3. The summed E-state index contributed by atoms with van der Waals surface area (Å²) < 4.78 is 0. The van der Waals surface area contributed by atoms with E-state index in [1.165, 1.54) is 52.7 Å². The summed E-state index contributed by atoms with van der Waals surface area (Å²) in [4.78, 5) is 5.67. The Labute approximate surface area is 172 Å². The van der Waals surface area contributed by atoms with Gasteiger partial charge in [-0.2, -0.15) is 0 Å². The standard InChI is InChI=1S/C24H31N3S/c1-27(2)12-10-20-17-25-23-9-8-21(16-22(20)23)26-24-15-19(11-13-28-24)14-18-6-4-3-5-7-18/h3-9,16-17,19,24-26H,10-15H2,1-2H3. The Kier molecular flexibility index (Phi) is 6.28. The molecule has 0 spiro atoms. The van der Waals surface area contributed by atoms with Crippen LogP contribution < -0.4 is 5.32 Å². The van der Waals surface area contributed by atoms with E-state index in [2.05, 4.69) is 95.8 Å². The number of rotatable bonds is 7. The number of hydrogen-bond donors (Lipinski definition) is 2. The lowest BCUT2D eigenvalue weighted by molar-refractivity contribution is 0.414. The van der Waals surface area contributed by atoms with Crippen molar-refractivity contribution in [2.75, 3.05) is 31.7 Å². The van der Waals surface area contributed by atoms with Crippen LogP contribution in [0.15, 0.2) is 54.7 Å². The van der Waals surface area contributed by atoms with E-state index >= 15 is 0 Å². The molecule has 2 atom stereocenters. The van der Waals surface area contributed by atoms with Gasteiger partial charge in [0.05, 0.1) is 5.37 Å². The van der Waals surface area contributed by atoms with Crippen LogP contribution >= 0.6 is 11.8 Å². The number of H-pyrrole nitrogens is 1. The fourth-order valence-electron chi connectivity index (χ4n) is 4.10. The minimum absolute atomic E-state index is 0.504. The van der Waals surface area contributed by atoms with E-state index in [1.807, 2.05) is 0 Å². The average Bonchev–Trinajstić information content (AvgIpc) is 3.10. The second kappa shape index (κ2) is 9.06. The predicted molar refractivity (Wildman–Crippen MR) is 123 cm³/mol. The molecule has 1 aromatic heterocycles. The first kappa shape index (κ1) is 19.4. The van der Waals surface area contributed by atoms with Gasteiger partial charge < -0.3 is 15.2 Å². The van der Waals surface area contributed by atoms with Crippen molar-refractivity contribution in [3.63, 3.8) is 0 Å². The lowest BCUT2D eigenvalue weighted by Gasteiger charge is -2.30. The van der Waals surface area contributed by atoms with Crippen molar-refractivity contribution >= 4 is 28.4 Å². The monoisotopic (exact) mass is 393 g/mol. The number of aromatic amines is 1. The number of nitrogens with zero attached hydrogens (tertiary/aromatic N) is 1. The Hall–Kier alpha value is -1.91. The minimum atomic E-state index is 0.504. The van der Waals surface area contributed by atoms with Crippen molar-refractivity contribution in [1.82, 2.24) is 9.88 Å². The number of benzene rings is 2. The van der Waals surface area contributed by atoms with Gasteiger partial charge in [-0.1, -0.05) is 30.3 Å². The number of fused-ring (bicyclic) bond motifs is 1. The smallest absolute Gasteiger partial charge is 0.0725 e. The molecule has 0 radical (unpaired) electrons. The molecule has 0 amide bonds. The molecule has 2 unspecified atom stereocenters. The van der Waals surface area contributed by atoms with Crippen LogP contribution in [0.2, 0.25) is 0 Å². The number of likely N-dealkylation sites (N-methyl/N-ethyl adjacent to an activating group) is 1. The summed E-state index contributed by atoms with van der Waals surface area (Å²) in [6, 6.07) is 17.7. The first-order chi connectivity index (χ1) is 13.7. The Bertz CT molecular complexity index is 887. The third kappa shape index (κ3) is 4.92. The van der Waals surface area contributed by atoms with Gasteiger partial charge in [0.1, 0.15) is 0 Å². The van der Waals surface area contributed by atoms with Crippen LogP contribution in [0.3, 0.4) is 0 Å². The SMILES string of the molecule is CN(C)CCc1c[nH]c2ccc(NC3CC(Cc4ccccc4)CCS3)cc12. The van der Waals surface area contributed by atoms with E-state index in [4.69, 9.17) is 0 Å². The summed E-state index contributed by atoms with van der Waals surface area (Å²) in [7, 11) is 4.27. The van der Waals surface area contributed by atoms with Crippen molar-refractivity contribution < 1.29 is 0 Å². The Morgan fingerprint density at radius 3 is 2.82 bits per heavy atom. The van der Waals surface area contributed by atoms with Crippen LogP contribution in [0.4, 0.5) is 5.69 Å². The van der Waals surface area contributed by atoms with Crippen molar-refractivity contribution in [3.8, 4) is 0 Å². The highest BCUT2D eigenvalue weighted by Crippen LogP contribution is 2.33. The van der Waals surface area contributed by atoms with Crippen molar-refractivity contribution in [2.24, 2.45) is 5.92 Å². The second-order valence-electron chi connectivity index (χ2n) is 8.21. The molecule has 2 heterocycles. The average molecular weight is 394 g/mol. The zero-order valence-corrected chi connectivity index (χ0v) is 17.8. The third-order valence-corrected chi connectivity index (χ3v) is 6.87. The van der Waals surface area contributed by atoms with Crippen LogP contribution in [0.25, 0.3) is 10.9 Å². The third-order valence-electron chi connectivity index (χ3n) is 5.68. The van der Waals surface area contributed by atoms with E-state index in [9.17, 15) is 0 Å². The molecule has 1 aliphatic rings. The van der Waals surface area contributed by atoms with E-state index < -0.39 is 0 Å². The molecule has 3 aromatic rings. The number of thioether (sulfide) groups is 1. The molecule has 4 heteroatoms. The molecule has 4 rings (SSSR count). The molecule has 28 heavy (non-hydrogen) atoms. The Balaban J connectivity index is 1.41. The lowest BCUT2D eigenvalue weighted by atomic mass is 9.93. The van der Waals surface area contributed by atoms with Gasteiger partial charge >= 0.3 is 0 Å². The highest BCUT2D eigenvalue weighted by atomic mass is 32.2. The van der Waals surface area contributed by atoms with Gasteiger partial charge in [0.2, 0.25) is 0 Å². The maximum atomic E-state index is 3.81. The highest BCUT2D eigenvalue weighted by molar-refractivity contribution is 8.00. The topological polar surface area (TPSA) is 31.1 Å². The Morgan fingerprint density at radius 1 is 1.14 bits per heavy atom. The van der Waals surface area contributed by atoms with Crippen LogP contribution in [0.5, 0.6) is 0 Å². The van der Waals surface area contributed by atoms with Gasteiger partial charge in [0.15, 0.2) is 0 Å². The fraction of sp³-hybridized carbons (Fsp3) is 0.417. The van der Waals surface area contributed by atoms with E-state index in [1.54, 1.807) is 0 Å². The number of hydrogen-bond acceptors (Lipinski definition) is 3. The molecular formula is C24H31N3S. The normalized spacial score (nSPS) is 20.0. The molecule has 0 bridgehead atoms. The summed E-state index contributed by atoms with van der Waals surface area (Å²) in [6.07, 6.45) is 7.00. The Morgan fingerprint density at radius 2 is 2.00 bits per heavy atom. The van der Waals surface area contributed by atoms with Gasteiger partial charge in [-0.3, -0.25) is 0 Å². The van der Waals surface area contributed by atoms with Crippen LogP contribution in [-0.4, -0.2) is 41.7 Å². The molecule has 1 saturated heterocycles. The number of anilines is 1. The molecule has 3 nitrogen and oxygen atoms in total. The van der Waals surface area contributed by atoms with Crippen molar-refractivity contribution in [2.45, 2.75) is 31.1 Å². The summed E-state index contributed by atoms with van der Waals surface area (Å²) >= 11 is 2.07. The van der Waals surface area contributed by atoms with Gasteiger partial charge in [-0.15, -0.1) is 11.8 Å². The van der Waals surface area contributed by atoms with Gasteiger partial charge in [0.25, 0.3) is 0 Å². The molecule has 1 aliphatic heterocycles. The maximum Gasteiger partial charge on any atom is 0.0725 e. The minimum Gasteiger partial charge on any atom is -0.373 e. The number of aromatic nitrogens is 1. The molecule has 2 N–H and O–H groups in total. The highest BCUT2D eigenvalue weighted by Gasteiger charge is 2.22. The quantitative estimate of drug-likeness (QED) is 0.564. The fourth-order valence-corrected chi connectivity index (χ4v) is 5.49. The van der Waals surface area contributed by atoms with Crippen molar-refractivity contribution in [1.29, 1.82) is 0 Å². The first-order valence-corrected chi connectivity index (χ1v) is 11.4. The van der Waals surface area contributed by atoms with E-state index in [-0.39, 0.29) is 0 Å². The molecule has 0 aliphatic carbocycles. The largest absolute Gasteiger partial charge is 0.373 e. The van der Waals surface area contributed by atoms with Crippen molar-refractivity contribution in [3.05, 3.63) is 65.9 Å². The van der Waals surface area contributed by atoms with Gasteiger partial charge in [0, 0.05) is 29.3 Å². The summed E-state index contributed by atoms with van der Waals surface area (Å²) in [6.45, 7) is 1.07. The maximum absolute atomic E-state index is 3.81. The molecular weight excluding hydrogens is 362 g/mol. The molecule has 0 saturated carbocycles. The molecule has 2 aromatic carbocycles. The van der Waals surface area contributed by atoms with Gasteiger partial charge in [-0.05, 0) is 80.8 Å². The lowest BCUT2D eigenvalue weighted by Crippen LogP contribution is -2.26.